The van der Waals surface area contributed by atoms with Gasteiger partial charge in [0, 0.05) is 4.88 Å². The number of aryl methyl sites for hydroxylation is 2. The number of aliphatic hydroxyl groups excluding tert-OH is 1. The molecule has 114 valence electrons. The van der Waals surface area contributed by atoms with E-state index in [1.165, 1.54) is 23.5 Å². The number of ether oxygens (including phenoxy) is 1. The van der Waals surface area contributed by atoms with Crippen LogP contribution in [0.1, 0.15) is 10.6 Å². The molecule has 0 fully saturated rings. The number of anilines is 1. The summed E-state index contributed by atoms with van der Waals surface area (Å²) in [7, 11) is -3.66. The van der Waals surface area contributed by atoms with E-state index in [0.717, 1.165) is 10.6 Å². The normalized spacial score (nSPS) is 11.4. The number of hydrogen-bond acceptors (Lipinski definition) is 6. The fourth-order valence-corrected chi connectivity index (χ4v) is 3.62. The third kappa shape index (κ3) is 3.93. The van der Waals surface area contributed by atoms with Crippen LogP contribution in [0, 0.1) is 13.8 Å². The lowest BCUT2D eigenvalue weighted by Gasteiger charge is -2.07. The SMILES string of the molecule is Cc1nc(NS(=O)(=O)c2ccc(OCCO)cc2)sc1C. The summed E-state index contributed by atoms with van der Waals surface area (Å²) in [6.07, 6.45) is 0. The molecule has 1 aromatic heterocycles. The summed E-state index contributed by atoms with van der Waals surface area (Å²) in [6.45, 7) is 3.79. The van der Waals surface area contributed by atoms with E-state index < -0.39 is 10.0 Å². The minimum atomic E-state index is -3.66. The molecule has 0 bridgehead atoms. The van der Waals surface area contributed by atoms with Crippen molar-refractivity contribution >= 4 is 26.5 Å². The fraction of sp³-hybridized carbons (Fsp3) is 0.308. The summed E-state index contributed by atoms with van der Waals surface area (Å²) >= 11 is 1.30. The summed E-state index contributed by atoms with van der Waals surface area (Å²) in [5, 5.41) is 9.02. The largest absolute Gasteiger partial charge is 0.491 e. The molecule has 0 unspecified atom stereocenters. The second-order valence-electron chi connectivity index (χ2n) is 4.31. The van der Waals surface area contributed by atoms with Gasteiger partial charge in [0.25, 0.3) is 10.0 Å². The van der Waals surface area contributed by atoms with Crippen LogP contribution in [-0.4, -0.2) is 31.7 Å². The number of thiazole rings is 1. The molecule has 0 saturated heterocycles. The summed E-state index contributed by atoms with van der Waals surface area (Å²) in [6, 6.07) is 5.98. The summed E-state index contributed by atoms with van der Waals surface area (Å²) in [5.74, 6) is 0.504. The third-order valence-electron chi connectivity index (χ3n) is 2.74. The molecule has 8 heteroatoms. The van der Waals surface area contributed by atoms with E-state index in [1.807, 2.05) is 13.8 Å². The van der Waals surface area contributed by atoms with E-state index >= 15 is 0 Å². The Balaban J connectivity index is 2.15. The smallest absolute Gasteiger partial charge is 0.263 e. The molecule has 1 heterocycles. The minimum absolute atomic E-state index is 0.0929. The van der Waals surface area contributed by atoms with Crippen LogP contribution in [0.3, 0.4) is 0 Å². The van der Waals surface area contributed by atoms with E-state index in [-0.39, 0.29) is 18.1 Å². The van der Waals surface area contributed by atoms with Crippen LogP contribution < -0.4 is 9.46 Å². The fourth-order valence-electron chi connectivity index (χ4n) is 1.57. The highest BCUT2D eigenvalue weighted by Gasteiger charge is 2.16. The van der Waals surface area contributed by atoms with Crippen molar-refractivity contribution < 1.29 is 18.3 Å². The van der Waals surface area contributed by atoms with Crippen LogP contribution in [-0.2, 0) is 10.0 Å². The van der Waals surface area contributed by atoms with E-state index in [2.05, 4.69) is 9.71 Å². The standard InChI is InChI=1S/C13H16N2O4S2/c1-9-10(2)20-13(14-9)15-21(17,18)12-5-3-11(4-6-12)19-8-7-16/h3-6,16H,7-8H2,1-2H3,(H,14,15). The summed E-state index contributed by atoms with van der Waals surface area (Å²) in [5.41, 5.74) is 0.811. The Hall–Kier alpha value is -1.64. The first kappa shape index (κ1) is 15.7. The summed E-state index contributed by atoms with van der Waals surface area (Å²) < 4.78 is 32.1. The van der Waals surface area contributed by atoms with Crippen molar-refractivity contribution in [1.82, 2.24) is 4.98 Å². The lowest BCUT2D eigenvalue weighted by molar-refractivity contribution is 0.201. The van der Waals surface area contributed by atoms with E-state index in [1.54, 1.807) is 12.1 Å². The number of aliphatic hydroxyl groups is 1. The molecule has 6 nitrogen and oxygen atoms in total. The van der Waals surface area contributed by atoms with Crippen molar-refractivity contribution in [2.45, 2.75) is 18.7 Å². The van der Waals surface area contributed by atoms with Gasteiger partial charge in [-0.15, -0.1) is 11.3 Å². The predicted octanol–water partition coefficient (Wildman–Crippen LogP) is 1.93. The molecule has 2 aromatic rings. The molecular weight excluding hydrogens is 312 g/mol. The lowest BCUT2D eigenvalue weighted by Crippen LogP contribution is -2.12. The Morgan fingerprint density at radius 1 is 1.29 bits per heavy atom. The number of rotatable bonds is 6. The molecule has 0 amide bonds. The van der Waals surface area contributed by atoms with Crippen LogP contribution in [0.5, 0.6) is 5.75 Å². The average Bonchev–Trinajstić information content (AvgIpc) is 2.74. The van der Waals surface area contributed by atoms with Crippen LogP contribution in [0.25, 0.3) is 0 Å². The molecule has 0 spiro atoms. The molecule has 0 aliphatic heterocycles. The van der Waals surface area contributed by atoms with Crippen LogP contribution in [0.2, 0.25) is 0 Å². The van der Waals surface area contributed by atoms with Crippen molar-refractivity contribution in [2.75, 3.05) is 17.9 Å². The number of nitrogens with one attached hydrogen (secondary N) is 1. The van der Waals surface area contributed by atoms with Crippen molar-refractivity contribution in [1.29, 1.82) is 0 Å². The zero-order valence-electron chi connectivity index (χ0n) is 11.7. The van der Waals surface area contributed by atoms with Crippen molar-refractivity contribution in [3.63, 3.8) is 0 Å². The quantitative estimate of drug-likeness (QED) is 0.846. The van der Waals surface area contributed by atoms with Crippen molar-refractivity contribution in [2.24, 2.45) is 0 Å². The van der Waals surface area contributed by atoms with Gasteiger partial charge in [0.2, 0.25) is 0 Å². The van der Waals surface area contributed by atoms with Gasteiger partial charge in [0.1, 0.15) is 12.4 Å². The van der Waals surface area contributed by atoms with E-state index in [0.29, 0.717) is 10.9 Å². The van der Waals surface area contributed by atoms with Gasteiger partial charge < -0.3 is 9.84 Å². The van der Waals surface area contributed by atoms with Crippen molar-refractivity contribution in [3.8, 4) is 5.75 Å². The van der Waals surface area contributed by atoms with Gasteiger partial charge in [-0.25, -0.2) is 13.4 Å². The molecule has 1 aromatic carbocycles. The highest BCUT2D eigenvalue weighted by molar-refractivity contribution is 7.93. The molecule has 0 aliphatic carbocycles. The van der Waals surface area contributed by atoms with Gasteiger partial charge in [-0.05, 0) is 38.1 Å². The van der Waals surface area contributed by atoms with Crippen LogP contribution in [0.15, 0.2) is 29.2 Å². The van der Waals surface area contributed by atoms with Crippen LogP contribution >= 0.6 is 11.3 Å². The van der Waals surface area contributed by atoms with E-state index in [4.69, 9.17) is 9.84 Å². The van der Waals surface area contributed by atoms with Gasteiger partial charge in [-0.3, -0.25) is 4.72 Å². The van der Waals surface area contributed by atoms with Gasteiger partial charge in [-0.2, -0.15) is 0 Å². The summed E-state index contributed by atoms with van der Waals surface area (Å²) in [4.78, 5) is 5.26. The first-order chi connectivity index (χ1) is 9.92. The lowest BCUT2D eigenvalue weighted by atomic mass is 10.3. The number of hydrogen-bond donors (Lipinski definition) is 2. The first-order valence-electron chi connectivity index (χ1n) is 6.23. The second kappa shape index (κ2) is 6.42. The maximum absolute atomic E-state index is 12.2. The molecule has 21 heavy (non-hydrogen) atoms. The Morgan fingerprint density at radius 2 is 1.95 bits per heavy atom. The molecular formula is C13H16N2O4S2. The van der Waals surface area contributed by atoms with Gasteiger partial charge in [-0.1, -0.05) is 0 Å². The number of aromatic nitrogens is 1. The molecule has 0 saturated carbocycles. The first-order valence-corrected chi connectivity index (χ1v) is 8.53. The molecule has 2 N–H and O–H groups in total. The Morgan fingerprint density at radius 3 is 2.48 bits per heavy atom. The van der Waals surface area contributed by atoms with Gasteiger partial charge in [0.15, 0.2) is 5.13 Å². The Labute approximate surface area is 127 Å². The van der Waals surface area contributed by atoms with E-state index in [9.17, 15) is 8.42 Å². The maximum atomic E-state index is 12.2. The predicted molar refractivity (Wildman–Crippen MR) is 81.4 cm³/mol. The number of benzene rings is 1. The monoisotopic (exact) mass is 328 g/mol. The average molecular weight is 328 g/mol. The Kier molecular flexibility index (Phi) is 4.81. The molecule has 0 radical (unpaired) electrons. The Bertz CT molecular complexity index is 689. The van der Waals surface area contributed by atoms with Gasteiger partial charge >= 0.3 is 0 Å². The number of nitrogens with zero attached hydrogens (tertiary/aromatic N) is 1. The minimum Gasteiger partial charge on any atom is -0.491 e. The highest BCUT2D eigenvalue weighted by Crippen LogP contribution is 2.24. The van der Waals surface area contributed by atoms with Crippen molar-refractivity contribution in [3.05, 3.63) is 34.8 Å². The van der Waals surface area contributed by atoms with Crippen LogP contribution in [0.4, 0.5) is 5.13 Å². The third-order valence-corrected chi connectivity index (χ3v) is 5.22. The number of sulfonamides is 1. The topological polar surface area (TPSA) is 88.5 Å². The van der Waals surface area contributed by atoms with Gasteiger partial charge in [0.05, 0.1) is 17.2 Å². The zero-order chi connectivity index (χ0) is 15.5. The highest BCUT2D eigenvalue weighted by atomic mass is 32.2. The molecule has 0 atom stereocenters. The zero-order valence-corrected chi connectivity index (χ0v) is 13.3. The molecule has 0 aliphatic rings. The molecule has 2 rings (SSSR count). The second-order valence-corrected chi connectivity index (χ2v) is 7.20. The maximum Gasteiger partial charge on any atom is 0.263 e.